The minimum absolute atomic E-state index is 0. The van der Waals surface area contributed by atoms with Gasteiger partial charge in [-0.1, -0.05) is 6.07 Å². The number of aromatic hydroxyl groups is 2. The molecule has 0 bridgehead atoms. The second kappa shape index (κ2) is 7.49. The van der Waals surface area contributed by atoms with Gasteiger partial charge >= 0.3 is 0 Å². The van der Waals surface area contributed by atoms with E-state index in [9.17, 15) is 10.2 Å². The van der Waals surface area contributed by atoms with Crippen molar-refractivity contribution in [1.29, 1.82) is 0 Å². The molecule has 0 saturated carbocycles. The predicted octanol–water partition coefficient (Wildman–Crippen LogP) is -0.313. The Balaban J connectivity index is 0.00000225. The molecule has 3 aromatic rings. The van der Waals surface area contributed by atoms with Crippen LogP contribution in [-0.2, 0) is 13.5 Å². The highest BCUT2D eigenvalue weighted by Gasteiger charge is 2.16. The summed E-state index contributed by atoms with van der Waals surface area (Å²) in [7, 11) is 5.18. The summed E-state index contributed by atoms with van der Waals surface area (Å²) < 4.78 is 12.6. The van der Waals surface area contributed by atoms with E-state index in [1.165, 1.54) is 0 Å². The van der Waals surface area contributed by atoms with Crippen LogP contribution in [0, 0.1) is 0 Å². The van der Waals surface area contributed by atoms with Gasteiger partial charge in [-0.3, -0.25) is 0 Å². The first kappa shape index (κ1) is 18.7. The molecule has 0 aliphatic heterocycles. The third-order valence-corrected chi connectivity index (χ3v) is 4.18. The van der Waals surface area contributed by atoms with E-state index in [1.54, 1.807) is 26.4 Å². The van der Waals surface area contributed by atoms with Crippen LogP contribution in [0.5, 0.6) is 23.0 Å². The van der Waals surface area contributed by atoms with Crippen LogP contribution >= 0.6 is 0 Å². The Labute approximate surface area is 152 Å². The number of nitrogens with zero attached hydrogens (tertiary/aromatic N) is 1. The van der Waals surface area contributed by atoms with Gasteiger partial charge in [0.15, 0.2) is 34.9 Å². The van der Waals surface area contributed by atoms with Crippen LogP contribution in [0.4, 0.5) is 0 Å². The Morgan fingerprint density at radius 3 is 2.28 bits per heavy atom. The van der Waals surface area contributed by atoms with E-state index in [1.807, 2.05) is 42.1 Å². The Morgan fingerprint density at radius 1 is 0.920 bits per heavy atom. The number of hydrogen-bond acceptors (Lipinski definition) is 4. The lowest BCUT2D eigenvalue weighted by molar-refractivity contribution is -0.677. The highest BCUT2D eigenvalue weighted by molar-refractivity contribution is 5.87. The normalized spacial score (nSPS) is 10.4. The predicted molar refractivity (Wildman–Crippen MR) is 90.8 cm³/mol. The van der Waals surface area contributed by atoms with Gasteiger partial charge in [0.05, 0.1) is 26.0 Å². The maximum Gasteiger partial charge on any atom is 0.193 e. The van der Waals surface area contributed by atoms with Crippen LogP contribution in [0.3, 0.4) is 0 Å². The van der Waals surface area contributed by atoms with Crippen LogP contribution in [0.15, 0.2) is 42.6 Å². The summed E-state index contributed by atoms with van der Waals surface area (Å²) in [5.74, 6) is 1.13. The summed E-state index contributed by atoms with van der Waals surface area (Å²) in [6.07, 6.45) is 2.59. The maximum atomic E-state index is 9.85. The number of phenolic OH excluding ortho intramolecular Hbond substituents is 2. The van der Waals surface area contributed by atoms with Gasteiger partial charge in [0.2, 0.25) is 0 Å². The summed E-state index contributed by atoms with van der Waals surface area (Å²) in [6.45, 7) is 0. The van der Waals surface area contributed by atoms with Gasteiger partial charge in [0.1, 0.15) is 7.05 Å². The zero-order valence-electron chi connectivity index (χ0n) is 14.3. The minimum atomic E-state index is -0.123. The van der Waals surface area contributed by atoms with Gasteiger partial charge in [-0.2, -0.15) is 0 Å². The fraction of sp³-hybridized carbons (Fsp3) is 0.211. The number of methoxy groups -OCH3 is 2. The van der Waals surface area contributed by atoms with Crippen molar-refractivity contribution in [1.82, 2.24) is 0 Å². The molecule has 0 saturated heterocycles. The van der Waals surface area contributed by atoms with Gasteiger partial charge in [0, 0.05) is 6.07 Å². The zero-order valence-corrected chi connectivity index (χ0v) is 15.0. The molecule has 25 heavy (non-hydrogen) atoms. The molecular formula is C19H20ClNO4. The average molecular weight is 362 g/mol. The molecule has 5 nitrogen and oxygen atoms in total. The fourth-order valence-corrected chi connectivity index (χ4v) is 2.86. The third-order valence-electron chi connectivity index (χ3n) is 4.18. The van der Waals surface area contributed by atoms with Crippen LogP contribution in [0.1, 0.15) is 11.3 Å². The molecule has 0 amide bonds. The van der Waals surface area contributed by atoms with Crippen molar-refractivity contribution in [3.63, 3.8) is 0 Å². The lowest BCUT2D eigenvalue weighted by Crippen LogP contribution is -3.00. The Hall–Kier alpha value is -2.66. The van der Waals surface area contributed by atoms with Gasteiger partial charge in [0.25, 0.3) is 0 Å². The highest BCUT2D eigenvalue weighted by atomic mass is 35.5. The molecule has 132 valence electrons. The maximum absolute atomic E-state index is 9.85. The lowest BCUT2D eigenvalue weighted by atomic mass is 10.0. The van der Waals surface area contributed by atoms with E-state index in [0.29, 0.717) is 17.9 Å². The van der Waals surface area contributed by atoms with E-state index in [2.05, 4.69) is 0 Å². The van der Waals surface area contributed by atoms with E-state index in [4.69, 9.17) is 9.47 Å². The topological polar surface area (TPSA) is 62.8 Å². The molecule has 1 aromatic heterocycles. The Bertz CT molecular complexity index is 912. The zero-order chi connectivity index (χ0) is 17.3. The Kier molecular flexibility index (Phi) is 5.59. The number of halogens is 1. The van der Waals surface area contributed by atoms with Crippen molar-refractivity contribution in [2.24, 2.45) is 7.05 Å². The first-order valence-corrected chi connectivity index (χ1v) is 7.57. The molecule has 0 unspecified atom stereocenters. The average Bonchev–Trinajstić information content (AvgIpc) is 2.59. The van der Waals surface area contributed by atoms with Crippen LogP contribution < -0.4 is 26.4 Å². The summed E-state index contributed by atoms with van der Waals surface area (Å²) in [6, 6.07) is 10.9. The summed E-state index contributed by atoms with van der Waals surface area (Å²) in [4.78, 5) is 0. The largest absolute Gasteiger partial charge is 1.00 e. The van der Waals surface area contributed by atoms with Crippen molar-refractivity contribution < 1.29 is 36.7 Å². The van der Waals surface area contributed by atoms with Crippen molar-refractivity contribution in [3.05, 3.63) is 53.9 Å². The highest BCUT2D eigenvalue weighted by Crippen LogP contribution is 2.32. The molecular weight excluding hydrogens is 342 g/mol. The van der Waals surface area contributed by atoms with Gasteiger partial charge in [-0.15, -0.1) is 0 Å². The number of aromatic nitrogens is 1. The molecule has 0 radical (unpaired) electrons. The number of phenols is 2. The summed E-state index contributed by atoms with van der Waals surface area (Å²) >= 11 is 0. The molecule has 0 aliphatic carbocycles. The molecule has 3 rings (SSSR count). The number of benzene rings is 2. The minimum Gasteiger partial charge on any atom is -1.00 e. The Morgan fingerprint density at radius 2 is 1.60 bits per heavy atom. The molecule has 6 heteroatoms. The van der Waals surface area contributed by atoms with Crippen molar-refractivity contribution in [2.45, 2.75) is 6.42 Å². The summed E-state index contributed by atoms with van der Waals surface area (Å²) in [5, 5.41) is 21.3. The van der Waals surface area contributed by atoms with Crippen molar-refractivity contribution >= 4 is 10.8 Å². The molecule has 0 spiro atoms. The monoisotopic (exact) mass is 361 g/mol. The van der Waals surface area contributed by atoms with Crippen LogP contribution in [-0.4, -0.2) is 24.4 Å². The van der Waals surface area contributed by atoms with Gasteiger partial charge in [-0.25, -0.2) is 4.57 Å². The molecule has 0 fully saturated rings. The second-order valence-electron chi connectivity index (χ2n) is 5.67. The standard InChI is InChI=1S/C19H19NO4.ClH/c1-20-7-6-13-10-16(21)17(22)11-14(13)15(20)8-12-4-5-18(23-2)19(9-12)24-3;/h4-7,9-11,22H,8H2,1-3H3;1H. The van der Waals surface area contributed by atoms with E-state index >= 15 is 0 Å². The third kappa shape index (κ3) is 3.56. The molecule has 0 aliphatic rings. The number of aryl methyl sites for hydroxylation is 1. The number of ether oxygens (including phenoxy) is 2. The molecule has 2 N–H and O–H groups in total. The van der Waals surface area contributed by atoms with Crippen molar-refractivity contribution in [2.75, 3.05) is 14.2 Å². The van der Waals surface area contributed by atoms with E-state index < -0.39 is 0 Å². The fourth-order valence-electron chi connectivity index (χ4n) is 2.86. The SMILES string of the molecule is COc1ccc(Cc2c3cc(O)c(O)cc3cc[n+]2C)cc1OC.[Cl-]. The van der Waals surface area contributed by atoms with Gasteiger partial charge in [-0.05, 0) is 35.2 Å². The van der Waals surface area contributed by atoms with E-state index in [-0.39, 0.29) is 23.9 Å². The second-order valence-corrected chi connectivity index (χ2v) is 5.67. The van der Waals surface area contributed by atoms with Gasteiger partial charge < -0.3 is 32.1 Å². The number of pyridine rings is 1. The lowest BCUT2D eigenvalue weighted by Gasteiger charge is -2.10. The first-order chi connectivity index (χ1) is 11.5. The number of rotatable bonds is 4. The number of fused-ring (bicyclic) bond motifs is 1. The first-order valence-electron chi connectivity index (χ1n) is 7.57. The molecule has 1 heterocycles. The van der Waals surface area contributed by atoms with Crippen LogP contribution in [0.2, 0.25) is 0 Å². The van der Waals surface area contributed by atoms with Crippen molar-refractivity contribution in [3.8, 4) is 23.0 Å². The number of hydrogen-bond donors (Lipinski definition) is 2. The molecule has 0 atom stereocenters. The van der Waals surface area contributed by atoms with E-state index in [0.717, 1.165) is 22.0 Å². The molecule has 2 aromatic carbocycles. The summed E-state index contributed by atoms with van der Waals surface area (Å²) in [5.41, 5.74) is 2.08. The van der Waals surface area contributed by atoms with Crippen LogP contribution in [0.25, 0.3) is 10.8 Å². The quantitative estimate of drug-likeness (QED) is 0.494. The smallest absolute Gasteiger partial charge is 0.193 e.